The Morgan fingerprint density at radius 1 is 1.21 bits per heavy atom. The van der Waals surface area contributed by atoms with Crippen LogP contribution in [0.2, 0.25) is 0 Å². The Labute approximate surface area is 118 Å². The zero-order chi connectivity index (χ0) is 13.9. The summed E-state index contributed by atoms with van der Waals surface area (Å²) < 4.78 is 5.95. The van der Waals surface area contributed by atoms with Gasteiger partial charge in [0.1, 0.15) is 0 Å². The van der Waals surface area contributed by atoms with Gasteiger partial charge in [0.25, 0.3) is 0 Å². The van der Waals surface area contributed by atoms with Gasteiger partial charge in [-0.1, -0.05) is 19.8 Å². The van der Waals surface area contributed by atoms with E-state index in [1.165, 1.54) is 38.6 Å². The van der Waals surface area contributed by atoms with Gasteiger partial charge in [-0.3, -0.25) is 4.90 Å². The van der Waals surface area contributed by atoms with Crippen LogP contribution in [0.5, 0.6) is 0 Å². The second kappa shape index (κ2) is 6.55. The van der Waals surface area contributed by atoms with Gasteiger partial charge in [0.05, 0.1) is 12.2 Å². The quantitative estimate of drug-likeness (QED) is 0.852. The largest absolute Gasteiger partial charge is 0.375 e. The van der Waals surface area contributed by atoms with Crippen LogP contribution in [0.4, 0.5) is 0 Å². The molecular formula is C16H32N2O. The van der Waals surface area contributed by atoms with Crippen molar-refractivity contribution in [3.63, 3.8) is 0 Å². The summed E-state index contributed by atoms with van der Waals surface area (Å²) in [6, 6.07) is 0.750. The lowest BCUT2D eigenvalue weighted by Crippen LogP contribution is -2.63. The van der Waals surface area contributed by atoms with Crippen LogP contribution >= 0.6 is 0 Å². The van der Waals surface area contributed by atoms with Crippen molar-refractivity contribution in [2.75, 3.05) is 13.1 Å². The van der Waals surface area contributed by atoms with Crippen molar-refractivity contribution in [2.24, 2.45) is 5.73 Å². The van der Waals surface area contributed by atoms with Crippen molar-refractivity contribution in [1.82, 2.24) is 4.90 Å². The first kappa shape index (κ1) is 15.3. The molecule has 2 fully saturated rings. The highest BCUT2D eigenvalue weighted by Crippen LogP contribution is 2.38. The normalized spacial score (nSPS) is 41.4. The van der Waals surface area contributed by atoms with Gasteiger partial charge >= 0.3 is 0 Å². The molecule has 3 unspecified atom stereocenters. The van der Waals surface area contributed by atoms with E-state index in [1.54, 1.807) is 0 Å². The van der Waals surface area contributed by atoms with Crippen LogP contribution in [0.1, 0.15) is 65.7 Å². The van der Waals surface area contributed by atoms with E-state index >= 15 is 0 Å². The predicted octanol–water partition coefficient (Wildman–Crippen LogP) is 2.93. The van der Waals surface area contributed by atoms with Crippen LogP contribution in [0.3, 0.4) is 0 Å². The Morgan fingerprint density at radius 3 is 2.47 bits per heavy atom. The van der Waals surface area contributed by atoms with E-state index in [4.69, 9.17) is 10.5 Å². The molecule has 19 heavy (non-hydrogen) atoms. The van der Waals surface area contributed by atoms with Gasteiger partial charge in [-0.25, -0.2) is 0 Å². The smallest absolute Gasteiger partial charge is 0.0568 e. The molecule has 0 radical (unpaired) electrons. The van der Waals surface area contributed by atoms with Crippen LogP contribution in [0, 0.1) is 0 Å². The third kappa shape index (κ3) is 3.32. The highest BCUT2D eigenvalue weighted by molar-refractivity contribution is 5.00. The highest BCUT2D eigenvalue weighted by Gasteiger charge is 2.45. The first-order chi connectivity index (χ1) is 9.11. The lowest BCUT2D eigenvalue weighted by Gasteiger charge is -2.54. The lowest BCUT2D eigenvalue weighted by atomic mass is 9.79. The summed E-state index contributed by atoms with van der Waals surface area (Å²) in [5.41, 5.74) is 6.45. The first-order valence-corrected chi connectivity index (χ1v) is 8.23. The maximum absolute atomic E-state index is 6.25. The minimum Gasteiger partial charge on any atom is -0.375 e. The third-order valence-corrected chi connectivity index (χ3v) is 5.04. The second-order valence-electron chi connectivity index (χ2n) is 6.73. The van der Waals surface area contributed by atoms with Gasteiger partial charge < -0.3 is 10.5 Å². The molecule has 2 saturated heterocycles. The van der Waals surface area contributed by atoms with Crippen molar-refractivity contribution < 1.29 is 4.74 Å². The van der Waals surface area contributed by atoms with Crippen molar-refractivity contribution in [3.8, 4) is 0 Å². The maximum Gasteiger partial charge on any atom is 0.0568 e. The Hall–Kier alpha value is -0.120. The molecule has 3 atom stereocenters. The van der Waals surface area contributed by atoms with Crippen LogP contribution in [-0.4, -0.2) is 41.8 Å². The zero-order valence-corrected chi connectivity index (χ0v) is 13.0. The summed E-state index contributed by atoms with van der Waals surface area (Å²) in [6.07, 6.45) is 9.60. The molecule has 2 rings (SSSR count). The van der Waals surface area contributed by atoms with Gasteiger partial charge in [-0.05, 0) is 52.5 Å². The SMILES string of the molecule is CCCC1CCCCN1C1(CN)CC(C)OC(C)C1. The Balaban J connectivity index is 2.17. The fourth-order valence-electron chi connectivity index (χ4n) is 4.42. The molecule has 0 spiro atoms. The van der Waals surface area contributed by atoms with Crippen LogP contribution in [0.15, 0.2) is 0 Å². The average Bonchev–Trinajstić information content (AvgIpc) is 2.38. The van der Waals surface area contributed by atoms with Crippen molar-refractivity contribution in [2.45, 2.75) is 89.5 Å². The molecule has 0 amide bonds. The van der Waals surface area contributed by atoms with Crippen molar-refractivity contribution in [3.05, 3.63) is 0 Å². The molecule has 2 N–H and O–H groups in total. The number of nitrogens with two attached hydrogens (primary N) is 1. The molecule has 0 aromatic carbocycles. The Morgan fingerprint density at radius 2 is 1.89 bits per heavy atom. The van der Waals surface area contributed by atoms with Crippen molar-refractivity contribution >= 4 is 0 Å². The summed E-state index contributed by atoms with van der Waals surface area (Å²) in [7, 11) is 0. The van der Waals surface area contributed by atoms with E-state index in [9.17, 15) is 0 Å². The zero-order valence-electron chi connectivity index (χ0n) is 13.0. The second-order valence-corrected chi connectivity index (χ2v) is 6.73. The number of hydrogen-bond donors (Lipinski definition) is 1. The molecule has 112 valence electrons. The first-order valence-electron chi connectivity index (χ1n) is 8.23. The average molecular weight is 268 g/mol. The molecule has 3 heteroatoms. The maximum atomic E-state index is 6.25. The minimum absolute atomic E-state index is 0.192. The van der Waals surface area contributed by atoms with E-state index < -0.39 is 0 Å². The van der Waals surface area contributed by atoms with Gasteiger partial charge in [0, 0.05) is 18.1 Å². The number of ether oxygens (including phenoxy) is 1. The number of likely N-dealkylation sites (tertiary alicyclic amines) is 1. The van der Waals surface area contributed by atoms with Gasteiger partial charge in [0.15, 0.2) is 0 Å². The molecule has 0 aliphatic carbocycles. The molecule has 0 aromatic rings. The van der Waals surface area contributed by atoms with E-state index in [-0.39, 0.29) is 5.54 Å². The van der Waals surface area contributed by atoms with Crippen LogP contribution in [-0.2, 0) is 4.74 Å². The highest BCUT2D eigenvalue weighted by atomic mass is 16.5. The third-order valence-electron chi connectivity index (χ3n) is 5.04. The summed E-state index contributed by atoms with van der Waals surface area (Å²) in [5.74, 6) is 0. The summed E-state index contributed by atoms with van der Waals surface area (Å²) in [5, 5.41) is 0. The minimum atomic E-state index is 0.192. The predicted molar refractivity (Wildman–Crippen MR) is 80.3 cm³/mol. The Bertz CT molecular complexity index is 270. The summed E-state index contributed by atoms with van der Waals surface area (Å²) in [6.45, 7) is 8.74. The monoisotopic (exact) mass is 268 g/mol. The number of piperidine rings is 1. The van der Waals surface area contributed by atoms with Gasteiger partial charge in [-0.2, -0.15) is 0 Å². The van der Waals surface area contributed by atoms with Crippen LogP contribution < -0.4 is 5.73 Å². The molecule has 2 aliphatic rings. The standard InChI is InChI=1S/C16H32N2O/c1-4-7-15-8-5-6-9-18(15)16(12-17)10-13(2)19-14(3)11-16/h13-15H,4-12,17H2,1-3H3. The molecule has 3 nitrogen and oxygen atoms in total. The summed E-state index contributed by atoms with van der Waals surface area (Å²) >= 11 is 0. The molecular weight excluding hydrogens is 236 g/mol. The molecule has 0 saturated carbocycles. The number of nitrogens with zero attached hydrogens (tertiary/aromatic N) is 1. The van der Waals surface area contributed by atoms with Crippen LogP contribution in [0.25, 0.3) is 0 Å². The van der Waals surface area contributed by atoms with E-state index in [1.807, 2.05) is 0 Å². The molecule has 0 aromatic heterocycles. The van der Waals surface area contributed by atoms with Gasteiger partial charge in [-0.15, -0.1) is 0 Å². The lowest BCUT2D eigenvalue weighted by molar-refractivity contribution is -0.119. The number of hydrogen-bond acceptors (Lipinski definition) is 3. The topological polar surface area (TPSA) is 38.5 Å². The van der Waals surface area contributed by atoms with E-state index in [0.29, 0.717) is 12.2 Å². The van der Waals surface area contributed by atoms with E-state index in [0.717, 1.165) is 25.4 Å². The van der Waals surface area contributed by atoms with Gasteiger partial charge in [0.2, 0.25) is 0 Å². The van der Waals surface area contributed by atoms with Crippen molar-refractivity contribution in [1.29, 1.82) is 0 Å². The van der Waals surface area contributed by atoms with E-state index in [2.05, 4.69) is 25.7 Å². The molecule has 2 aliphatic heterocycles. The fraction of sp³-hybridized carbons (Fsp3) is 1.00. The molecule has 2 heterocycles. The number of rotatable bonds is 4. The summed E-state index contributed by atoms with van der Waals surface area (Å²) in [4.78, 5) is 2.77. The fourth-order valence-corrected chi connectivity index (χ4v) is 4.42. The molecule has 0 bridgehead atoms. The Kier molecular flexibility index (Phi) is 5.27.